The lowest BCUT2D eigenvalue weighted by Gasteiger charge is -2.21. The molecule has 5 heteroatoms. The largest absolute Gasteiger partial charge is 0.496 e. The molecule has 2 aromatic rings. The van der Waals surface area contributed by atoms with Crippen LogP contribution < -0.4 is 15.2 Å². The second kappa shape index (κ2) is 6.35. The van der Waals surface area contributed by atoms with Crippen LogP contribution in [0.1, 0.15) is 17.2 Å². The van der Waals surface area contributed by atoms with Gasteiger partial charge in [0.25, 0.3) is 0 Å². The molecule has 0 spiro atoms. The molecule has 0 amide bonds. The van der Waals surface area contributed by atoms with E-state index in [4.69, 9.17) is 38.4 Å². The third-order valence-electron chi connectivity index (χ3n) is 3.09. The average molecular weight is 312 g/mol. The standard InChI is InChI=1S/C15H15Cl2NO2/c1-19-11-7-4-8-12(20-2)14(11)15(18)13-9(16)5-3-6-10(13)17/h3-8,15H,18H2,1-2H3. The Labute approximate surface area is 128 Å². The fraction of sp³-hybridized carbons (Fsp3) is 0.200. The zero-order valence-electron chi connectivity index (χ0n) is 11.2. The van der Waals surface area contributed by atoms with Gasteiger partial charge in [0.2, 0.25) is 0 Å². The highest BCUT2D eigenvalue weighted by molar-refractivity contribution is 6.36. The van der Waals surface area contributed by atoms with Crippen molar-refractivity contribution in [3.05, 3.63) is 57.6 Å². The van der Waals surface area contributed by atoms with Crippen molar-refractivity contribution in [1.82, 2.24) is 0 Å². The second-order valence-corrected chi connectivity index (χ2v) is 5.00. The van der Waals surface area contributed by atoms with E-state index >= 15 is 0 Å². The van der Waals surface area contributed by atoms with E-state index in [2.05, 4.69) is 0 Å². The maximum Gasteiger partial charge on any atom is 0.127 e. The third kappa shape index (κ3) is 2.70. The number of halogens is 2. The molecule has 0 saturated carbocycles. The summed E-state index contributed by atoms with van der Waals surface area (Å²) in [7, 11) is 3.17. The first-order valence-electron chi connectivity index (χ1n) is 6.00. The smallest absolute Gasteiger partial charge is 0.127 e. The van der Waals surface area contributed by atoms with Crippen LogP contribution in [0.5, 0.6) is 11.5 Å². The molecule has 2 N–H and O–H groups in total. The number of ether oxygens (including phenoxy) is 2. The highest BCUT2D eigenvalue weighted by Crippen LogP contribution is 2.40. The third-order valence-corrected chi connectivity index (χ3v) is 3.75. The fourth-order valence-electron chi connectivity index (χ4n) is 2.14. The van der Waals surface area contributed by atoms with Crippen LogP contribution in [0.25, 0.3) is 0 Å². The first-order chi connectivity index (χ1) is 9.60. The van der Waals surface area contributed by atoms with Crippen LogP contribution in [0.4, 0.5) is 0 Å². The SMILES string of the molecule is COc1cccc(OC)c1C(N)c1c(Cl)cccc1Cl. The van der Waals surface area contributed by atoms with Crippen LogP contribution >= 0.6 is 23.2 Å². The van der Waals surface area contributed by atoms with Crippen molar-refractivity contribution >= 4 is 23.2 Å². The highest BCUT2D eigenvalue weighted by atomic mass is 35.5. The van der Waals surface area contributed by atoms with Gasteiger partial charge in [-0.1, -0.05) is 35.3 Å². The summed E-state index contributed by atoms with van der Waals surface area (Å²) in [4.78, 5) is 0. The molecule has 1 unspecified atom stereocenters. The van der Waals surface area contributed by atoms with Crippen molar-refractivity contribution in [2.75, 3.05) is 14.2 Å². The normalized spacial score (nSPS) is 12.1. The Hall–Kier alpha value is -1.42. The Bertz CT molecular complexity index is 574. The van der Waals surface area contributed by atoms with E-state index in [1.807, 2.05) is 18.2 Å². The molecule has 0 aliphatic heterocycles. The minimum absolute atomic E-state index is 0.512. The molecule has 20 heavy (non-hydrogen) atoms. The van der Waals surface area contributed by atoms with E-state index in [9.17, 15) is 0 Å². The van der Waals surface area contributed by atoms with Crippen LogP contribution in [-0.4, -0.2) is 14.2 Å². The molecule has 0 aliphatic carbocycles. The van der Waals surface area contributed by atoms with Gasteiger partial charge in [0, 0.05) is 15.6 Å². The Morgan fingerprint density at radius 3 is 1.75 bits per heavy atom. The number of hydrogen-bond donors (Lipinski definition) is 1. The molecule has 0 bridgehead atoms. The molecular formula is C15H15Cl2NO2. The molecule has 0 aromatic heterocycles. The van der Waals surface area contributed by atoms with Gasteiger partial charge in [-0.2, -0.15) is 0 Å². The van der Waals surface area contributed by atoms with Crippen molar-refractivity contribution in [2.24, 2.45) is 5.73 Å². The summed E-state index contributed by atoms with van der Waals surface area (Å²) < 4.78 is 10.7. The van der Waals surface area contributed by atoms with Crippen LogP contribution in [0.3, 0.4) is 0 Å². The van der Waals surface area contributed by atoms with Gasteiger partial charge in [0.15, 0.2) is 0 Å². The zero-order valence-corrected chi connectivity index (χ0v) is 12.7. The highest BCUT2D eigenvalue weighted by Gasteiger charge is 2.23. The van der Waals surface area contributed by atoms with Crippen LogP contribution in [0, 0.1) is 0 Å². The molecule has 0 radical (unpaired) electrons. The number of benzene rings is 2. The molecule has 1 atom stereocenters. The predicted octanol–water partition coefficient (Wildman–Crippen LogP) is 4.06. The lowest BCUT2D eigenvalue weighted by Crippen LogP contribution is -2.15. The van der Waals surface area contributed by atoms with Crippen molar-refractivity contribution in [3.8, 4) is 11.5 Å². The van der Waals surface area contributed by atoms with Gasteiger partial charge >= 0.3 is 0 Å². The molecular weight excluding hydrogens is 297 g/mol. The molecule has 2 rings (SSSR count). The van der Waals surface area contributed by atoms with E-state index in [0.29, 0.717) is 32.7 Å². The minimum Gasteiger partial charge on any atom is -0.496 e. The zero-order chi connectivity index (χ0) is 14.7. The second-order valence-electron chi connectivity index (χ2n) is 4.19. The monoisotopic (exact) mass is 311 g/mol. The van der Waals surface area contributed by atoms with Crippen molar-refractivity contribution < 1.29 is 9.47 Å². The molecule has 0 fully saturated rings. The number of nitrogens with two attached hydrogens (primary N) is 1. The molecule has 0 aliphatic rings. The summed E-state index contributed by atoms with van der Waals surface area (Å²) in [6.07, 6.45) is 0. The first-order valence-corrected chi connectivity index (χ1v) is 6.76. The van der Waals surface area contributed by atoms with E-state index in [0.717, 1.165) is 0 Å². The molecule has 106 valence electrons. The lowest BCUT2D eigenvalue weighted by molar-refractivity contribution is 0.382. The first kappa shape index (κ1) is 15.0. The van der Waals surface area contributed by atoms with Crippen LogP contribution in [-0.2, 0) is 0 Å². The van der Waals surface area contributed by atoms with E-state index in [1.165, 1.54) is 0 Å². The predicted molar refractivity (Wildman–Crippen MR) is 82.0 cm³/mol. The Morgan fingerprint density at radius 1 is 0.850 bits per heavy atom. The number of methoxy groups -OCH3 is 2. The summed E-state index contributed by atoms with van der Waals surface area (Å²) in [5, 5.41) is 1.02. The molecule has 3 nitrogen and oxygen atoms in total. The number of rotatable bonds is 4. The average Bonchev–Trinajstić information content (AvgIpc) is 2.45. The summed E-state index contributed by atoms with van der Waals surface area (Å²) in [5.41, 5.74) is 7.71. The molecule has 0 heterocycles. The van der Waals surface area contributed by atoms with Crippen molar-refractivity contribution in [3.63, 3.8) is 0 Å². The quantitative estimate of drug-likeness (QED) is 0.926. The Kier molecular flexibility index (Phi) is 4.76. The maximum absolute atomic E-state index is 6.34. The Morgan fingerprint density at radius 2 is 1.30 bits per heavy atom. The fourth-order valence-corrected chi connectivity index (χ4v) is 2.77. The van der Waals surface area contributed by atoms with Crippen LogP contribution in [0.15, 0.2) is 36.4 Å². The van der Waals surface area contributed by atoms with Gasteiger partial charge < -0.3 is 15.2 Å². The van der Waals surface area contributed by atoms with Gasteiger partial charge in [-0.25, -0.2) is 0 Å². The summed E-state index contributed by atoms with van der Waals surface area (Å²) in [6, 6.07) is 10.2. The van der Waals surface area contributed by atoms with Crippen molar-refractivity contribution in [2.45, 2.75) is 6.04 Å². The molecule has 0 saturated heterocycles. The van der Waals surface area contributed by atoms with Gasteiger partial charge in [0.05, 0.1) is 25.8 Å². The van der Waals surface area contributed by atoms with Crippen LogP contribution in [0.2, 0.25) is 10.0 Å². The summed E-state index contributed by atoms with van der Waals surface area (Å²) in [6.45, 7) is 0. The van der Waals surface area contributed by atoms with Gasteiger partial charge in [-0.15, -0.1) is 0 Å². The Balaban J connectivity index is 2.61. The lowest BCUT2D eigenvalue weighted by atomic mass is 9.97. The van der Waals surface area contributed by atoms with E-state index in [1.54, 1.807) is 32.4 Å². The van der Waals surface area contributed by atoms with Gasteiger partial charge in [-0.3, -0.25) is 0 Å². The van der Waals surface area contributed by atoms with Gasteiger partial charge in [-0.05, 0) is 24.3 Å². The minimum atomic E-state index is -0.540. The maximum atomic E-state index is 6.34. The summed E-state index contributed by atoms with van der Waals surface area (Å²) >= 11 is 12.4. The van der Waals surface area contributed by atoms with E-state index < -0.39 is 6.04 Å². The van der Waals surface area contributed by atoms with Gasteiger partial charge in [0.1, 0.15) is 11.5 Å². The van der Waals surface area contributed by atoms with E-state index in [-0.39, 0.29) is 0 Å². The topological polar surface area (TPSA) is 44.5 Å². The molecule has 2 aromatic carbocycles. The van der Waals surface area contributed by atoms with Crippen molar-refractivity contribution in [1.29, 1.82) is 0 Å². The number of hydrogen-bond acceptors (Lipinski definition) is 3. The summed E-state index contributed by atoms with van der Waals surface area (Å²) in [5.74, 6) is 1.26.